The van der Waals surface area contributed by atoms with E-state index >= 15 is 0 Å². The Morgan fingerprint density at radius 2 is 1.81 bits per heavy atom. The normalized spacial score (nSPS) is 18.9. The zero-order chi connectivity index (χ0) is 19.9. The lowest BCUT2D eigenvalue weighted by atomic mass is 9.86. The molecule has 0 aliphatic carbocycles. The molecular formula is C24H37N2O+. The van der Waals surface area contributed by atoms with Gasteiger partial charge in [-0.1, -0.05) is 55.5 Å². The first kappa shape index (κ1) is 21.4. The summed E-state index contributed by atoms with van der Waals surface area (Å²) in [5.74, 6) is 0.410. The van der Waals surface area contributed by atoms with Crippen LogP contribution in [-0.4, -0.2) is 54.6 Å². The molecule has 1 aromatic rings. The number of nitrogens with zero attached hydrogens (tertiary/aromatic N) is 2. The molecule has 27 heavy (non-hydrogen) atoms. The average Bonchev–Trinajstić information content (AvgIpc) is 2.67. The van der Waals surface area contributed by atoms with E-state index in [4.69, 9.17) is 0 Å². The van der Waals surface area contributed by atoms with Crippen molar-refractivity contribution in [1.29, 1.82) is 0 Å². The van der Waals surface area contributed by atoms with E-state index < -0.39 is 0 Å². The summed E-state index contributed by atoms with van der Waals surface area (Å²) in [4.78, 5) is 15.2. The molecule has 1 aromatic carbocycles. The number of carbonyl (C=O) groups is 1. The van der Waals surface area contributed by atoms with Crippen molar-refractivity contribution in [2.45, 2.75) is 52.5 Å². The van der Waals surface area contributed by atoms with Crippen molar-refractivity contribution in [2.24, 2.45) is 0 Å². The molecule has 1 atom stereocenters. The number of hydrogen-bond acceptors (Lipinski definition) is 1. The Morgan fingerprint density at radius 3 is 2.33 bits per heavy atom. The van der Waals surface area contributed by atoms with Gasteiger partial charge in [0.15, 0.2) is 0 Å². The zero-order valence-corrected chi connectivity index (χ0v) is 17.8. The Bertz CT molecular complexity index is 652. The number of likely N-dealkylation sites (N-methyl/N-ethyl adjacent to an activating group) is 1. The van der Waals surface area contributed by atoms with Gasteiger partial charge in [-0.2, -0.15) is 0 Å². The number of piperazine rings is 1. The van der Waals surface area contributed by atoms with Crippen molar-refractivity contribution >= 4 is 5.91 Å². The molecule has 0 bridgehead atoms. The third-order valence-electron chi connectivity index (χ3n) is 6.14. The monoisotopic (exact) mass is 369 g/mol. The van der Waals surface area contributed by atoms with Gasteiger partial charge < -0.3 is 9.38 Å². The summed E-state index contributed by atoms with van der Waals surface area (Å²) in [6, 6.07) is 11.1. The fourth-order valence-electron chi connectivity index (χ4n) is 3.86. The minimum absolute atomic E-state index is 0.128. The highest BCUT2D eigenvalue weighted by atomic mass is 16.2. The van der Waals surface area contributed by atoms with Crippen LogP contribution in [-0.2, 0) is 4.79 Å². The van der Waals surface area contributed by atoms with Crippen molar-refractivity contribution < 1.29 is 9.28 Å². The van der Waals surface area contributed by atoms with Crippen molar-refractivity contribution in [1.82, 2.24) is 4.90 Å². The Kier molecular flexibility index (Phi) is 7.85. The molecule has 1 aliphatic heterocycles. The van der Waals surface area contributed by atoms with Crippen molar-refractivity contribution in [3.63, 3.8) is 0 Å². The second kappa shape index (κ2) is 9.89. The largest absolute Gasteiger partial charge is 0.331 e. The second-order valence-electron chi connectivity index (χ2n) is 8.18. The average molecular weight is 370 g/mol. The molecule has 1 unspecified atom stereocenters. The molecule has 0 N–H and O–H groups in total. The van der Waals surface area contributed by atoms with Crippen LogP contribution in [0.25, 0.3) is 0 Å². The molecule has 1 heterocycles. The van der Waals surface area contributed by atoms with Gasteiger partial charge in [0, 0.05) is 12.3 Å². The summed E-state index contributed by atoms with van der Waals surface area (Å²) in [6.45, 7) is 12.6. The van der Waals surface area contributed by atoms with Crippen molar-refractivity contribution in [3.8, 4) is 0 Å². The number of carbonyl (C=O) groups excluding carboxylic acids is 1. The summed E-state index contributed by atoms with van der Waals surface area (Å²) in [6.07, 6.45) is 8.02. The van der Waals surface area contributed by atoms with Gasteiger partial charge in [-0.05, 0) is 38.3 Å². The van der Waals surface area contributed by atoms with Crippen molar-refractivity contribution in [3.05, 3.63) is 59.7 Å². The standard InChI is InChI=1S/C24H37N2O/c1-6-11-21(12-7-2)23(22-13-9-8-10-14-22)19-24(27)25-15-17-26(5,18-16-25)20(3)4/h6,8-14,20,23H,7,15-19H2,1-5H3/q+1/b11-6-,21-12+. The van der Waals surface area contributed by atoms with Crippen LogP contribution in [0.15, 0.2) is 54.1 Å². The van der Waals surface area contributed by atoms with Gasteiger partial charge in [0.1, 0.15) is 0 Å². The van der Waals surface area contributed by atoms with Crippen LogP contribution >= 0.6 is 0 Å². The number of benzene rings is 1. The molecule has 3 nitrogen and oxygen atoms in total. The number of rotatable bonds is 7. The van der Waals surface area contributed by atoms with Gasteiger partial charge in [0.05, 0.1) is 39.3 Å². The Labute approximate surface area is 166 Å². The van der Waals surface area contributed by atoms with Gasteiger partial charge in [0.2, 0.25) is 5.91 Å². The van der Waals surface area contributed by atoms with E-state index in [-0.39, 0.29) is 11.8 Å². The van der Waals surface area contributed by atoms with Crippen LogP contribution in [0.1, 0.15) is 52.0 Å². The van der Waals surface area contributed by atoms with Crippen LogP contribution in [0.5, 0.6) is 0 Å². The summed E-state index contributed by atoms with van der Waals surface area (Å²) in [7, 11) is 2.31. The van der Waals surface area contributed by atoms with E-state index in [1.165, 1.54) is 11.1 Å². The van der Waals surface area contributed by atoms with Gasteiger partial charge in [0.25, 0.3) is 0 Å². The highest BCUT2D eigenvalue weighted by Crippen LogP contribution is 2.30. The molecule has 0 spiro atoms. The third-order valence-corrected chi connectivity index (χ3v) is 6.14. The summed E-state index contributed by atoms with van der Waals surface area (Å²) in [5, 5.41) is 0. The first-order valence-electron chi connectivity index (χ1n) is 10.4. The maximum Gasteiger partial charge on any atom is 0.223 e. The van der Waals surface area contributed by atoms with Crippen LogP contribution in [0.2, 0.25) is 0 Å². The minimum Gasteiger partial charge on any atom is -0.331 e. The molecule has 0 radical (unpaired) electrons. The molecule has 0 aromatic heterocycles. The molecule has 1 aliphatic rings. The predicted octanol–water partition coefficient (Wildman–Crippen LogP) is 4.77. The Hall–Kier alpha value is -1.87. The molecule has 1 fully saturated rings. The topological polar surface area (TPSA) is 20.3 Å². The first-order chi connectivity index (χ1) is 12.9. The SMILES string of the molecule is C/C=C\C(=C/CC)C(CC(=O)N1CC[N+](C)(C(C)C)CC1)c1ccccc1. The number of quaternary nitrogens is 1. The van der Waals surface area contributed by atoms with Crippen LogP contribution in [0, 0.1) is 0 Å². The number of hydrogen-bond donors (Lipinski definition) is 0. The Balaban J connectivity index is 2.16. The lowest BCUT2D eigenvalue weighted by molar-refractivity contribution is -0.933. The molecule has 1 saturated heterocycles. The van der Waals surface area contributed by atoms with Crippen LogP contribution < -0.4 is 0 Å². The highest BCUT2D eigenvalue weighted by molar-refractivity contribution is 5.78. The van der Waals surface area contributed by atoms with Gasteiger partial charge in [-0.3, -0.25) is 4.79 Å². The zero-order valence-electron chi connectivity index (χ0n) is 17.8. The van der Waals surface area contributed by atoms with E-state index in [1.54, 1.807) is 0 Å². The van der Waals surface area contributed by atoms with Crippen molar-refractivity contribution in [2.75, 3.05) is 33.2 Å². The lowest BCUT2D eigenvalue weighted by Gasteiger charge is -2.45. The van der Waals surface area contributed by atoms with E-state index in [0.29, 0.717) is 12.5 Å². The van der Waals surface area contributed by atoms with E-state index in [1.807, 2.05) is 13.0 Å². The smallest absolute Gasteiger partial charge is 0.223 e. The fraction of sp³-hybridized carbons (Fsp3) is 0.542. The van der Waals surface area contributed by atoms with Gasteiger partial charge in [-0.15, -0.1) is 0 Å². The number of allylic oxidation sites excluding steroid dienone is 4. The van der Waals surface area contributed by atoms with E-state index in [2.05, 4.69) is 75.2 Å². The Morgan fingerprint density at radius 1 is 1.19 bits per heavy atom. The van der Waals surface area contributed by atoms with Crippen LogP contribution in [0.4, 0.5) is 0 Å². The molecule has 0 saturated carbocycles. The maximum atomic E-state index is 13.1. The molecular weight excluding hydrogens is 332 g/mol. The quantitative estimate of drug-likeness (QED) is 0.501. The minimum atomic E-state index is 0.128. The lowest BCUT2D eigenvalue weighted by Crippen LogP contribution is -2.61. The van der Waals surface area contributed by atoms with Gasteiger partial charge >= 0.3 is 0 Å². The fourth-order valence-corrected chi connectivity index (χ4v) is 3.86. The molecule has 148 valence electrons. The third kappa shape index (κ3) is 5.55. The predicted molar refractivity (Wildman–Crippen MR) is 115 cm³/mol. The summed E-state index contributed by atoms with van der Waals surface area (Å²) < 4.78 is 1.06. The van der Waals surface area contributed by atoms with E-state index in [0.717, 1.165) is 37.1 Å². The highest BCUT2D eigenvalue weighted by Gasteiger charge is 2.34. The molecule has 2 rings (SSSR count). The summed E-state index contributed by atoms with van der Waals surface area (Å²) >= 11 is 0. The van der Waals surface area contributed by atoms with E-state index in [9.17, 15) is 4.79 Å². The van der Waals surface area contributed by atoms with Gasteiger partial charge in [-0.25, -0.2) is 0 Å². The summed E-state index contributed by atoms with van der Waals surface area (Å²) in [5.41, 5.74) is 2.47. The first-order valence-corrected chi connectivity index (χ1v) is 10.4. The van der Waals surface area contributed by atoms with Crippen LogP contribution in [0.3, 0.4) is 0 Å². The molecule has 1 amide bonds. The number of amides is 1. The second-order valence-corrected chi connectivity index (χ2v) is 8.18. The molecule has 3 heteroatoms. The maximum absolute atomic E-state index is 13.1.